The molecule has 0 unspecified atom stereocenters. The molecule has 5 heteroatoms. The number of unbranched alkanes of at least 4 members (excludes halogenated alkanes) is 2. The van der Waals surface area contributed by atoms with Crippen molar-refractivity contribution in [3.8, 4) is 0 Å². The van der Waals surface area contributed by atoms with Gasteiger partial charge in [0.25, 0.3) is 0 Å². The van der Waals surface area contributed by atoms with Gasteiger partial charge in [0.2, 0.25) is 0 Å². The van der Waals surface area contributed by atoms with Crippen LogP contribution in [0.2, 0.25) is 0 Å². The first kappa shape index (κ1) is 16.7. The lowest BCUT2D eigenvalue weighted by atomic mass is 10.1. The molecule has 0 rings (SSSR count). The van der Waals surface area contributed by atoms with Gasteiger partial charge < -0.3 is 10.1 Å². The van der Waals surface area contributed by atoms with Crippen molar-refractivity contribution in [2.75, 3.05) is 19.8 Å². The van der Waals surface area contributed by atoms with Crippen LogP contribution in [-0.4, -0.2) is 31.5 Å². The van der Waals surface area contributed by atoms with Gasteiger partial charge in [-0.05, 0) is 46.6 Å². The molecule has 1 N–H and O–H groups in total. The van der Waals surface area contributed by atoms with Gasteiger partial charge in [0.1, 0.15) is 0 Å². The number of hydrogen-bond acceptors (Lipinski definition) is 2. The van der Waals surface area contributed by atoms with Crippen LogP contribution in [0.3, 0.4) is 0 Å². The van der Waals surface area contributed by atoms with Gasteiger partial charge in [-0.25, -0.2) is 0 Å². The highest BCUT2D eigenvalue weighted by atomic mass is 19.4. The number of rotatable bonds is 8. The zero-order valence-electron chi connectivity index (χ0n) is 11.0. The Kier molecular flexibility index (Phi) is 7.79. The van der Waals surface area contributed by atoms with E-state index >= 15 is 0 Å². The summed E-state index contributed by atoms with van der Waals surface area (Å²) in [5.41, 5.74) is 0.128. The fourth-order valence-corrected chi connectivity index (χ4v) is 1.26. The second kappa shape index (κ2) is 7.93. The highest BCUT2D eigenvalue weighted by Crippen LogP contribution is 2.18. The van der Waals surface area contributed by atoms with Crippen LogP contribution in [-0.2, 0) is 4.74 Å². The molecule has 0 heterocycles. The summed E-state index contributed by atoms with van der Waals surface area (Å²) < 4.78 is 40.2. The van der Waals surface area contributed by atoms with Crippen LogP contribution in [0.5, 0.6) is 0 Å². The van der Waals surface area contributed by atoms with Crippen molar-refractivity contribution < 1.29 is 17.9 Å². The third-order valence-electron chi connectivity index (χ3n) is 2.15. The molecule has 0 atom stereocenters. The van der Waals surface area contributed by atoms with Crippen LogP contribution in [0.25, 0.3) is 0 Å². The molecule has 0 amide bonds. The molecule has 0 aliphatic heterocycles. The molecule has 0 saturated carbocycles. The highest BCUT2D eigenvalue weighted by Gasteiger charge is 2.26. The van der Waals surface area contributed by atoms with Crippen molar-refractivity contribution >= 4 is 0 Å². The van der Waals surface area contributed by atoms with Crippen molar-refractivity contribution in [1.82, 2.24) is 5.32 Å². The second-order valence-corrected chi connectivity index (χ2v) is 5.21. The van der Waals surface area contributed by atoms with Crippen LogP contribution >= 0.6 is 0 Å². The maximum atomic E-state index is 11.8. The molecule has 0 spiro atoms. The Morgan fingerprint density at radius 1 is 0.941 bits per heavy atom. The number of nitrogens with one attached hydrogen (secondary N) is 1. The second-order valence-electron chi connectivity index (χ2n) is 5.21. The Balaban J connectivity index is 3.15. The zero-order chi connectivity index (χ0) is 13.4. The third kappa shape index (κ3) is 15.7. The van der Waals surface area contributed by atoms with Crippen LogP contribution in [0.1, 0.15) is 46.5 Å². The Bertz CT molecular complexity index is 167. The summed E-state index contributed by atoms with van der Waals surface area (Å²) in [6.45, 7) is 7.45. The topological polar surface area (TPSA) is 21.3 Å². The lowest BCUT2D eigenvalue weighted by Crippen LogP contribution is -2.36. The summed E-state index contributed by atoms with van der Waals surface area (Å²) in [5, 5.41) is 3.35. The number of halogens is 3. The quantitative estimate of drug-likeness (QED) is 0.670. The van der Waals surface area contributed by atoms with Crippen LogP contribution in [0, 0.1) is 0 Å². The average molecular weight is 255 g/mol. The smallest absolute Gasteiger partial charge is 0.381 e. The van der Waals surface area contributed by atoms with E-state index in [-0.39, 0.29) is 12.1 Å². The highest BCUT2D eigenvalue weighted by molar-refractivity contribution is 4.69. The van der Waals surface area contributed by atoms with Crippen LogP contribution in [0.15, 0.2) is 0 Å². The molecule has 0 aromatic rings. The van der Waals surface area contributed by atoms with Gasteiger partial charge in [0.15, 0.2) is 0 Å². The minimum atomic E-state index is -4.10. The first-order valence-corrected chi connectivity index (χ1v) is 6.10. The molecule has 2 nitrogen and oxygen atoms in total. The van der Waals surface area contributed by atoms with E-state index in [1.807, 2.05) is 0 Å². The molecule has 0 aromatic heterocycles. The Morgan fingerprint density at radius 2 is 1.59 bits per heavy atom. The van der Waals surface area contributed by atoms with E-state index in [1.54, 1.807) is 0 Å². The molecule has 0 bridgehead atoms. The van der Waals surface area contributed by atoms with E-state index in [2.05, 4.69) is 26.1 Å². The van der Waals surface area contributed by atoms with Gasteiger partial charge in [0, 0.05) is 12.1 Å². The van der Waals surface area contributed by atoms with Crippen molar-refractivity contribution in [2.45, 2.75) is 58.2 Å². The van der Waals surface area contributed by atoms with E-state index in [4.69, 9.17) is 4.74 Å². The number of hydrogen-bond donors (Lipinski definition) is 1. The van der Waals surface area contributed by atoms with E-state index in [9.17, 15) is 13.2 Å². The lowest BCUT2D eigenvalue weighted by Gasteiger charge is -2.20. The van der Waals surface area contributed by atoms with Gasteiger partial charge in [-0.15, -0.1) is 0 Å². The molecule has 0 fully saturated rings. The normalized spacial score (nSPS) is 13.1. The standard InChI is InChI=1S/C12H24F3NO/c1-11(2,3)16-8-5-4-6-9-17-10-7-12(13,14)15/h16H,4-10H2,1-3H3. The molecule has 0 radical (unpaired) electrons. The van der Waals surface area contributed by atoms with Gasteiger partial charge in [-0.3, -0.25) is 0 Å². The molecule has 0 aliphatic rings. The molecule has 0 aliphatic carbocycles. The Hall–Kier alpha value is -0.290. The molecule has 0 saturated heterocycles. The molecule has 17 heavy (non-hydrogen) atoms. The number of alkyl halides is 3. The number of ether oxygens (including phenoxy) is 1. The summed E-state index contributed by atoms with van der Waals surface area (Å²) in [4.78, 5) is 0. The summed E-state index contributed by atoms with van der Waals surface area (Å²) in [5.74, 6) is 0. The van der Waals surface area contributed by atoms with Crippen molar-refractivity contribution in [3.63, 3.8) is 0 Å². The summed E-state index contributed by atoms with van der Waals surface area (Å²) in [6, 6.07) is 0. The van der Waals surface area contributed by atoms with E-state index in [1.165, 1.54) is 0 Å². The van der Waals surface area contributed by atoms with E-state index in [0.717, 1.165) is 25.8 Å². The van der Waals surface area contributed by atoms with Crippen molar-refractivity contribution in [3.05, 3.63) is 0 Å². The maximum absolute atomic E-state index is 11.8. The predicted molar refractivity (Wildman–Crippen MR) is 63.1 cm³/mol. The first-order chi connectivity index (χ1) is 7.71. The van der Waals surface area contributed by atoms with Gasteiger partial charge in [-0.2, -0.15) is 13.2 Å². The minimum absolute atomic E-state index is 0.128. The Labute approximate surface area is 102 Å². The van der Waals surface area contributed by atoms with E-state index < -0.39 is 12.6 Å². The zero-order valence-corrected chi connectivity index (χ0v) is 11.0. The maximum Gasteiger partial charge on any atom is 0.391 e. The monoisotopic (exact) mass is 255 g/mol. The third-order valence-corrected chi connectivity index (χ3v) is 2.15. The summed E-state index contributed by atoms with van der Waals surface area (Å²) >= 11 is 0. The largest absolute Gasteiger partial charge is 0.391 e. The molecule has 104 valence electrons. The SMILES string of the molecule is CC(C)(C)NCCCCCOCCC(F)(F)F. The van der Waals surface area contributed by atoms with Gasteiger partial charge in [0.05, 0.1) is 13.0 Å². The lowest BCUT2D eigenvalue weighted by molar-refractivity contribution is -0.145. The van der Waals surface area contributed by atoms with Crippen molar-refractivity contribution in [1.29, 1.82) is 0 Å². The first-order valence-electron chi connectivity index (χ1n) is 6.10. The average Bonchev–Trinajstić information content (AvgIpc) is 2.11. The fourth-order valence-electron chi connectivity index (χ4n) is 1.26. The minimum Gasteiger partial charge on any atom is -0.381 e. The Morgan fingerprint density at radius 3 is 2.12 bits per heavy atom. The molecular weight excluding hydrogens is 231 g/mol. The van der Waals surface area contributed by atoms with Crippen LogP contribution < -0.4 is 5.32 Å². The predicted octanol–water partition coefficient (Wildman–Crippen LogP) is 3.51. The summed E-state index contributed by atoms with van der Waals surface area (Å²) in [7, 11) is 0. The molecule has 0 aromatic carbocycles. The molecular formula is C12H24F3NO. The van der Waals surface area contributed by atoms with Gasteiger partial charge in [-0.1, -0.05) is 0 Å². The van der Waals surface area contributed by atoms with Crippen molar-refractivity contribution in [2.24, 2.45) is 0 Å². The fraction of sp³-hybridized carbons (Fsp3) is 1.00. The van der Waals surface area contributed by atoms with Crippen LogP contribution in [0.4, 0.5) is 13.2 Å². The van der Waals surface area contributed by atoms with Gasteiger partial charge >= 0.3 is 6.18 Å². The van der Waals surface area contributed by atoms with E-state index in [0.29, 0.717) is 6.61 Å². The summed E-state index contributed by atoms with van der Waals surface area (Å²) in [6.07, 6.45) is -2.12.